The molecule has 0 amide bonds. The molecule has 124 valence electrons. The molecule has 1 heterocycles. The summed E-state index contributed by atoms with van der Waals surface area (Å²) in [6.45, 7) is 2.57. The van der Waals surface area contributed by atoms with E-state index in [2.05, 4.69) is 15.0 Å². The molecule has 0 aliphatic carbocycles. The van der Waals surface area contributed by atoms with Crippen molar-refractivity contribution in [2.24, 2.45) is 10.7 Å². The van der Waals surface area contributed by atoms with Gasteiger partial charge < -0.3 is 15.8 Å². The zero-order chi connectivity index (χ0) is 16.9. The standard InChI is InChI=1S/C15H16F3N3OS/c1-10(13-3-2-8-23-13)9-20-14(19)21-11-4-6-12(7-5-11)22-15(16,17)18/h2-8,10H,9H2,1H3,(H3,19,20,21). The van der Waals surface area contributed by atoms with E-state index >= 15 is 0 Å². The van der Waals surface area contributed by atoms with Crippen LogP contribution >= 0.6 is 11.3 Å². The van der Waals surface area contributed by atoms with E-state index in [0.717, 1.165) is 0 Å². The first-order chi connectivity index (χ1) is 10.8. The predicted octanol–water partition coefficient (Wildman–Crippen LogP) is 4.18. The summed E-state index contributed by atoms with van der Waals surface area (Å²) in [5, 5.41) is 4.83. The van der Waals surface area contributed by atoms with Crippen molar-refractivity contribution < 1.29 is 17.9 Å². The number of nitrogens with zero attached hydrogens (tertiary/aromatic N) is 1. The summed E-state index contributed by atoms with van der Waals surface area (Å²) in [5.74, 6) is 0.167. The van der Waals surface area contributed by atoms with Crippen LogP contribution in [0.1, 0.15) is 17.7 Å². The zero-order valence-electron chi connectivity index (χ0n) is 12.3. The Morgan fingerprint density at radius 3 is 2.57 bits per heavy atom. The Morgan fingerprint density at radius 2 is 2.00 bits per heavy atom. The van der Waals surface area contributed by atoms with Crippen molar-refractivity contribution in [3.05, 3.63) is 46.7 Å². The highest BCUT2D eigenvalue weighted by molar-refractivity contribution is 7.10. The molecule has 0 fully saturated rings. The Bertz CT molecular complexity index is 639. The minimum absolute atomic E-state index is 0.206. The third-order valence-electron chi connectivity index (χ3n) is 2.92. The van der Waals surface area contributed by atoms with Crippen LogP contribution in [0, 0.1) is 0 Å². The number of nitrogens with one attached hydrogen (secondary N) is 1. The SMILES string of the molecule is CC(CN=C(N)Nc1ccc(OC(F)(F)F)cc1)c1cccs1. The maximum atomic E-state index is 12.1. The quantitative estimate of drug-likeness (QED) is 0.632. The fraction of sp³-hybridized carbons (Fsp3) is 0.267. The van der Waals surface area contributed by atoms with E-state index in [1.165, 1.54) is 29.1 Å². The Balaban J connectivity index is 1.89. The number of benzene rings is 1. The van der Waals surface area contributed by atoms with Crippen LogP contribution < -0.4 is 15.8 Å². The van der Waals surface area contributed by atoms with E-state index in [9.17, 15) is 13.2 Å². The van der Waals surface area contributed by atoms with Gasteiger partial charge in [-0.05, 0) is 35.7 Å². The van der Waals surface area contributed by atoms with Crippen LogP contribution in [0.2, 0.25) is 0 Å². The van der Waals surface area contributed by atoms with Gasteiger partial charge in [0.05, 0.1) is 6.54 Å². The van der Waals surface area contributed by atoms with Crippen molar-refractivity contribution >= 4 is 23.0 Å². The molecule has 0 spiro atoms. The van der Waals surface area contributed by atoms with Crippen molar-refractivity contribution in [3.63, 3.8) is 0 Å². The van der Waals surface area contributed by atoms with Crippen molar-refractivity contribution in [3.8, 4) is 5.75 Å². The second kappa shape index (κ2) is 7.36. The number of hydrogen-bond acceptors (Lipinski definition) is 3. The van der Waals surface area contributed by atoms with Crippen LogP contribution in [0.5, 0.6) is 5.75 Å². The third kappa shape index (κ3) is 5.82. The molecule has 1 aromatic carbocycles. The average Bonchev–Trinajstić information content (AvgIpc) is 2.99. The fourth-order valence-electron chi connectivity index (χ4n) is 1.82. The summed E-state index contributed by atoms with van der Waals surface area (Å²) >= 11 is 1.66. The molecule has 1 unspecified atom stereocenters. The van der Waals surface area contributed by atoms with Crippen LogP contribution in [-0.2, 0) is 0 Å². The van der Waals surface area contributed by atoms with Gasteiger partial charge in [0.2, 0.25) is 0 Å². The number of aliphatic imine (C=N–C) groups is 1. The summed E-state index contributed by atoms with van der Waals surface area (Å²) in [6, 6.07) is 9.30. The van der Waals surface area contributed by atoms with Crippen LogP contribution in [0.25, 0.3) is 0 Å². The van der Waals surface area contributed by atoms with Crippen molar-refractivity contribution in [2.75, 3.05) is 11.9 Å². The van der Waals surface area contributed by atoms with E-state index < -0.39 is 6.36 Å². The smallest absolute Gasteiger partial charge is 0.406 e. The Labute approximate surface area is 135 Å². The third-order valence-corrected chi connectivity index (χ3v) is 4.03. The first kappa shape index (κ1) is 17.1. The largest absolute Gasteiger partial charge is 0.573 e. The zero-order valence-corrected chi connectivity index (χ0v) is 13.1. The van der Waals surface area contributed by atoms with E-state index in [4.69, 9.17) is 5.73 Å². The highest BCUT2D eigenvalue weighted by Crippen LogP contribution is 2.24. The molecule has 2 aromatic rings. The Kier molecular flexibility index (Phi) is 5.49. The van der Waals surface area contributed by atoms with E-state index in [0.29, 0.717) is 12.2 Å². The molecule has 0 saturated carbocycles. The molecule has 0 radical (unpaired) electrons. The van der Waals surface area contributed by atoms with E-state index in [-0.39, 0.29) is 17.6 Å². The number of rotatable bonds is 5. The van der Waals surface area contributed by atoms with Gasteiger partial charge in [-0.15, -0.1) is 24.5 Å². The molecule has 0 bridgehead atoms. The molecule has 23 heavy (non-hydrogen) atoms. The van der Waals surface area contributed by atoms with Gasteiger partial charge in [0.15, 0.2) is 5.96 Å². The van der Waals surface area contributed by atoms with Gasteiger partial charge in [0.25, 0.3) is 0 Å². The van der Waals surface area contributed by atoms with Gasteiger partial charge in [0, 0.05) is 16.5 Å². The maximum Gasteiger partial charge on any atom is 0.573 e. The number of ether oxygens (including phenoxy) is 1. The van der Waals surface area contributed by atoms with Crippen LogP contribution in [0.4, 0.5) is 18.9 Å². The lowest BCUT2D eigenvalue weighted by Crippen LogP contribution is -2.23. The lowest BCUT2D eigenvalue weighted by Gasteiger charge is -2.11. The molecule has 1 atom stereocenters. The van der Waals surface area contributed by atoms with E-state index in [1.807, 2.05) is 24.4 Å². The predicted molar refractivity (Wildman–Crippen MR) is 86.0 cm³/mol. The molecule has 2 rings (SSSR count). The average molecular weight is 343 g/mol. The first-order valence-electron chi connectivity index (χ1n) is 6.79. The first-order valence-corrected chi connectivity index (χ1v) is 7.67. The molecule has 8 heteroatoms. The molecule has 1 aromatic heterocycles. The van der Waals surface area contributed by atoms with E-state index in [1.54, 1.807) is 11.3 Å². The summed E-state index contributed by atoms with van der Waals surface area (Å²) in [6.07, 6.45) is -4.70. The lowest BCUT2D eigenvalue weighted by atomic mass is 10.1. The van der Waals surface area contributed by atoms with Crippen molar-refractivity contribution in [2.45, 2.75) is 19.2 Å². The topological polar surface area (TPSA) is 59.6 Å². The molecule has 0 aliphatic rings. The molecule has 0 saturated heterocycles. The van der Waals surface area contributed by atoms with Gasteiger partial charge in [-0.3, -0.25) is 4.99 Å². The monoisotopic (exact) mass is 343 g/mol. The van der Waals surface area contributed by atoms with Crippen molar-refractivity contribution in [1.29, 1.82) is 0 Å². The van der Waals surface area contributed by atoms with Gasteiger partial charge in [0.1, 0.15) is 5.75 Å². The Hall–Kier alpha value is -2.22. The number of anilines is 1. The van der Waals surface area contributed by atoms with Crippen LogP contribution in [0.3, 0.4) is 0 Å². The minimum Gasteiger partial charge on any atom is -0.406 e. The number of thiophene rings is 1. The molecule has 4 nitrogen and oxygen atoms in total. The molecule has 0 aliphatic heterocycles. The summed E-state index contributed by atoms with van der Waals surface area (Å²) in [7, 11) is 0. The molecule has 3 N–H and O–H groups in total. The van der Waals surface area contributed by atoms with Crippen LogP contribution in [-0.4, -0.2) is 18.9 Å². The normalized spacial score (nSPS) is 13.7. The van der Waals surface area contributed by atoms with Gasteiger partial charge in [-0.1, -0.05) is 13.0 Å². The highest BCUT2D eigenvalue weighted by atomic mass is 32.1. The summed E-state index contributed by atoms with van der Waals surface area (Å²) in [5.41, 5.74) is 6.31. The number of hydrogen-bond donors (Lipinski definition) is 2. The number of guanidine groups is 1. The van der Waals surface area contributed by atoms with Crippen molar-refractivity contribution in [1.82, 2.24) is 0 Å². The molecular weight excluding hydrogens is 327 g/mol. The number of alkyl halides is 3. The van der Waals surface area contributed by atoms with Gasteiger partial charge in [-0.25, -0.2) is 0 Å². The maximum absolute atomic E-state index is 12.1. The molecular formula is C15H16F3N3OS. The Morgan fingerprint density at radius 1 is 1.30 bits per heavy atom. The van der Waals surface area contributed by atoms with Gasteiger partial charge >= 0.3 is 6.36 Å². The summed E-state index contributed by atoms with van der Waals surface area (Å²) < 4.78 is 40.0. The second-order valence-corrected chi connectivity index (χ2v) is 5.82. The minimum atomic E-state index is -4.70. The highest BCUT2D eigenvalue weighted by Gasteiger charge is 2.30. The summed E-state index contributed by atoms with van der Waals surface area (Å²) in [4.78, 5) is 5.45. The van der Waals surface area contributed by atoms with Gasteiger partial charge in [-0.2, -0.15) is 0 Å². The van der Waals surface area contributed by atoms with Crippen LogP contribution in [0.15, 0.2) is 46.8 Å². The fourth-order valence-corrected chi connectivity index (χ4v) is 2.60. The number of halogens is 3. The lowest BCUT2D eigenvalue weighted by molar-refractivity contribution is -0.274. The second-order valence-electron chi connectivity index (χ2n) is 4.84. The number of nitrogens with two attached hydrogens (primary N) is 1.